The summed E-state index contributed by atoms with van der Waals surface area (Å²) in [4.78, 5) is 3.67. The molecule has 26 heavy (non-hydrogen) atoms. The molecule has 8 heteroatoms. The van der Waals surface area contributed by atoms with E-state index < -0.39 is 16.0 Å². The molecule has 6 nitrogen and oxygen atoms in total. The molecule has 1 N–H and O–H groups in total. The van der Waals surface area contributed by atoms with Crippen LogP contribution in [0.15, 0.2) is 59.8 Å². The van der Waals surface area contributed by atoms with Gasteiger partial charge in [-0.3, -0.25) is 0 Å². The third kappa shape index (κ3) is 3.33. The normalized spacial score (nSPS) is 11.5. The standard InChI is InChI=1S/C18H18FN3O3S/c1-20-11-13-9-17(16-7-4-8-21-18(16)19)22(12-13)26(23,24)15-6-3-5-14(10-15)25-2/h3-10,12,20H,11H2,1-2H3. The highest BCUT2D eigenvalue weighted by Gasteiger charge is 2.23. The van der Waals surface area contributed by atoms with Crippen LogP contribution in [-0.2, 0) is 16.6 Å². The number of benzene rings is 1. The van der Waals surface area contributed by atoms with Crippen molar-refractivity contribution in [3.63, 3.8) is 0 Å². The molecule has 3 aromatic rings. The summed E-state index contributed by atoms with van der Waals surface area (Å²) < 4.78 is 46.7. The van der Waals surface area contributed by atoms with Crippen molar-refractivity contribution in [2.24, 2.45) is 0 Å². The molecule has 2 aromatic heterocycles. The predicted molar refractivity (Wildman–Crippen MR) is 96.0 cm³/mol. The van der Waals surface area contributed by atoms with Crippen molar-refractivity contribution in [2.75, 3.05) is 14.2 Å². The first kappa shape index (κ1) is 18.1. The quantitative estimate of drug-likeness (QED) is 0.671. The van der Waals surface area contributed by atoms with E-state index in [-0.39, 0.29) is 16.2 Å². The molecule has 0 fully saturated rings. The summed E-state index contributed by atoms with van der Waals surface area (Å²) in [6.07, 6.45) is 2.80. The lowest BCUT2D eigenvalue weighted by atomic mass is 10.2. The Hall–Kier alpha value is -2.71. The molecule has 0 saturated heterocycles. The number of halogens is 1. The van der Waals surface area contributed by atoms with Crippen LogP contribution in [0.5, 0.6) is 5.75 Å². The zero-order valence-corrected chi connectivity index (χ0v) is 15.1. The molecule has 2 heterocycles. The number of nitrogens with one attached hydrogen (secondary N) is 1. The maximum atomic E-state index is 14.2. The SMILES string of the molecule is CNCc1cc(-c2cccnc2F)n(S(=O)(=O)c2cccc(OC)c2)c1. The molecule has 0 aliphatic heterocycles. The Balaban J connectivity index is 2.21. The van der Waals surface area contributed by atoms with E-state index in [2.05, 4.69) is 10.3 Å². The molecule has 0 radical (unpaired) electrons. The van der Waals surface area contributed by atoms with Crippen LogP contribution in [0.25, 0.3) is 11.3 Å². The van der Waals surface area contributed by atoms with E-state index in [1.165, 1.54) is 37.7 Å². The molecule has 0 amide bonds. The van der Waals surface area contributed by atoms with E-state index in [1.807, 2.05) is 0 Å². The maximum absolute atomic E-state index is 14.2. The topological polar surface area (TPSA) is 73.2 Å². The fourth-order valence-electron chi connectivity index (χ4n) is 2.65. The Morgan fingerprint density at radius 1 is 1.23 bits per heavy atom. The van der Waals surface area contributed by atoms with E-state index in [1.54, 1.807) is 31.3 Å². The first-order valence-corrected chi connectivity index (χ1v) is 9.27. The monoisotopic (exact) mass is 375 g/mol. The average Bonchev–Trinajstić information content (AvgIpc) is 3.07. The number of hydrogen-bond donors (Lipinski definition) is 1. The average molecular weight is 375 g/mol. The van der Waals surface area contributed by atoms with Crippen LogP contribution < -0.4 is 10.1 Å². The second kappa shape index (κ2) is 7.27. The molecule has 3 rings (SSSR count). The summed E-state index contributed by atoms with van der Waals surface area (Å²) in [7, 11) is -0.741. The third-order valence-corrected chi connectivity index (χ3v) is 5.53. The first-order valence-electron chi connectivity index (χ1n) is 7.83. The largest absolute Gasteiger partial charge is 0.497 e. The van der Waals surface area contributed by atoms with E-state index in [4.69, 9.17) is 4.74 Å². The van der Waals surface area contributed by atoms with E-state index in [0.717, 1.165) is 3.97 Å². The molecular formula is C18H18FN3O3S. The second-order valence-corrected chi connectivity index (χ2v) is 7.40. The van der Waals surface area contributed by atoms with Gasteiger partial charge in [-0.15, -0.1) is 0 Å². The van der Waals surface area contributed by atoms with Gasteiger partial charge in [-0.05, 0) is 42.9 Å². The van der Waals surface area contributed by atoms with Gasteiger partial charge >= 0.3 is 0 Å². The van der Waals surface area contributed by atoms with Crippen LogP contribution in [0.4, 0.5) is 4.39 Å². The Morgan fingerprint density at radius 2 is 2.04 bits per heavy atom. The number of pyridine rings is 1. The van der Waals surface area contributed by atoms with Gasteiger partial charge in [0.15, 0.2) is 0 Å². The number of nitrogens with zero attached hydrogens (tertiary/aromatic N) is 2. The number of methoxy groups -OCH3 is 1. The number of rotatable bonds is 6. The zero-order valence-electron chi connectivity index (χ0n) is 14.3. The van der Waals surface area contributed by atoms with Crippen LogP contribution in [-0.4, -0.2) is 31.5 Å². The van der Waals surface area contributed by atoms with Gasteiger partial charge in [-0.1, -0.05) is 6.07 Å². The second-order valence-electron chi connectivity index (χ2n) is 5.59. The number of hydrogen-bond acceptors (Lipinski definition) is 5. The van der Waals surface area contributed by atoms with Crippen LogP contribution >= 0.6 is 0 Å². The maximum Gasteiger partial charge on any atom is 0.268 e. The smallest absolute Gasteiger partial charge is 0.268 e. The van der Waals surface area contributed by atoms with Gasteiger partial charge in [0.2, 0.25) is 5.95 Å². The van der Waals surface area contributed by atoms with Crippen molar-refractivity contribution in [3.8, 4) is 17.0 Å². The fraction of sp³-hybridized carbons (Fsp3) is 0.167. The number of aromatic nitrogens is 2. The Labute approximate surface area is 151 Å². The van der Waals surface area contributed by atoms with Gasteiger partial charge in [0.05, 0.1) is 23.3 Å². The van der Waals surface area contributed by atoms with Gasteiger partial charge in [0.1, 0.15) is 5.75 Å². The minimum Gasteiger partial charge on any atom is -0.497 e. The minimum atomic E-state index is -3.95. The Morgan fingerprint density at radius 3 is 2.73 bits per heavy atom. The van der Waals surface area contributed by atoms with Crippen molar-refractivity contribution in [1.82, 2.24) is 14.3 Å². The van der Waals surface area contributed by atoms with Crippen LogP contribution in [0.3, 0.4) is 0 Å². The van der Waals surface area contributed by atoms with Gasteiger partial charge in [-0.25, -0.2) is 17.4 Å². The molecule has 0 unspecified atom stereocenters. The predicted octanol–water partition coefficient (Wildman–Crippen LogP) is 2.65. The molecule has 0 atom stereocenters. The first-order chi connectivity index (χ1) is 12.5. The van der Waals surface area contributed by atoms with Crippen molar-refractivity contribution < 1.29 is 17.5 Å². The van der Waals surface area contributed by atoms with Crippen molar-refractivity contribution in [1.29, 1.82) is 0 Å². The van der Waals surface area contributed by atoms with Gasteiger partial charge in [0, 0.05) is 25.0 Å². The Bertz CT molecular complexity index is 1030. The van der Waals surface area contributed by atoms with Gasteiger partial charge in [-0.2, -0.15) is 4.39 Å². The minimum absolute atomic E-state index is 0.0500. The molecular weight excluding hydrogens is 357 g/mol. The summed E-state index contributed by atoms with van der Waals surface area (Å²) >= 11 is 0. The van der Waals surface area contributed by atoms with E-state index >= 15 is 0 Å². The van der Waals surface area contributed by atoms with Crippen molar-refractivity contribution >= 4 is 10.0 Å². The summed E-state index contributed by atoms with van der Waals surface area (Å²) in [5.41, 5.74) is 1.03. The van der Waals surface area contributed by atoms with Crippen LogP contribution in [0, 0.1) is 5.95 Å². The van der Waals surface area contributed by atoms with Crippen molar-refractivity contribution in [2.45, 2.75) is 11.4 Å². The molecule has 0 aliphatic rings. The zero-order chi connectivity index (χ0) is 18.7. The van der Waals surface area contributed by atoms with E-state index in [0.29, 0.717) is 17.9 Å². The summed E-state index contributed by atoms with van der Waals surface area (Å²) in [6.45, 7) is 0.440. The van der Waals surface area contributed by atoms with Gasteiger partial charge < -0.3 is 10.1 Å². The highest BCUT2D eigenvalue weighted by Crippen LogP contribution is 2.29. The summed E-state index contributed by atoms with van der Waals surface area (Å²) in [6, 6.07) is 10.8. The van der Waals surface area contributed by atoms with Gasteiger partial charge in [0.25, 0.3) is 10.0 Å². The lowest BCUT2D eigenvalue weighted by molar-refractivity contribution is 0.413. The van der Waals surface area contributed by atoms with E-state index in [9.17, 15) is 12.8 Å². The molecule has 0 bridgehead atoms. The lowest BCUT2D eigenvalue weighted by Crippen LogP contribution is -2.14. The molecule has 0 saturated carbocycles. The van der Waals surface area contributed by atoms with Crippen LogP contribution in [0.1, 0.15) is 5.56 Å². The number of ether oxygens (including phenoxy) is 1. The van der Waals surface area contributed by atoms with Crippen LogP contribution in [0.2, 0.25) is 0 Å². The summed E-state index contributed by atoms with van der Waals surface area (Å²) in [5, 5.41) is 2.96. The fourth-order valence-corrected chi connectivity index (χ4v) is 4.07. The third-order valence-electron chi connectivity index (χ3n) is 3.86. The molecule has 0 aliphatic carbocycles. The summed E-state index contributed by atoms with van der Waals surface area (Å²) in [5.74, 6) is -0.313. The molecule has 0 spiro atoms. The highest BCUT2D eigenvalue weighted by atomic mass is 32.2. The Kier molecular flexibility index (Phi) is 5.06. The lowest BCUT2D eigenvalue weighted by Gasteiger charge is -2.11. The molecule has 1 aromatic carbocycles. The molecule has 136 valence electrons. The van der Waals surface area contributed by atoms with Crippen molar-refractivity contribution in [3.05, 3.63) is 66.4 Å². The highest BCUT2D eigenvalue weighted by molar-refractivity contribution is 7.90.